The zero-order chi connectivity index (χ0) is 30.4. The van der Waals surface area contributed by atoms with E-state index in [9.17, 15) is 18.8 Å². The van der Waals surface area contributed by atoms with Gasteiger partial charge in [0.05, 0.1) is 35.1 Å². The molecule has 3 aromatic carbocycles. The Kier molecular flexibility index (Phi) is 7.91. The Bertz CT molecular complexity index is 1780. The Hall–Kier alpha value is -3.89. The lowest BCUT2D eigenvalue weighted by Gasteiger charge is -2.34. The van der Waals surface area contributed by atoms with Gasteiger partial charge in [-0.3, -0.25) is 18.7 Å². The fourth-order valence-electron chi connectivity index (χ4n) is 5.38. The second-order valence-electron chi connectivity index (χ2n) is 11.0. The number of benzene rings is 3. The summed E-state index contributed by atoms with van der Waals surface area (Å²) in [4.78, 5) is 43.2. The molecule has 1 N–H and O–H groups in total. The van der Waals surface area contributed by atoms with Crippen LogP contribution in [0.5, 0.6) is 5.75 Å². The molecular formula is C32H29BrClFN4O4. The maximum Gasteiger partial charge on any atom is 0.333 e. The predicted molar refractivity (Wildman–Crippen MR) is 164 cm³/mol. The Balaban J connectivity index is 1.41. The van der Waals surface area contributed by atoms with Gasteiger partial charge in [0.25, 0.3) is 11.8 Å². The second-order valence-corrected chi connectivity index (χ2v) is 12.2. The molecule has 0 bridgehead atoms. The number of imidazole rings is 1. The number of hydrogen-bond acceptors (Lipinski definition) is 4. The van der Waals surface area contributed by atoms with E-state index in [0.29, 0.717) is 37.8 Å². The number of nitrogens with one attached hydrogen (secondary N) is 1. The average Bonchev–Trinajstić information content (AvgIpc) is 3.76. The van der Waals surface area contributed by atoms with E-state index in [1.807, 2.05) is 6.92 Å². The zero-order valence-electron chi connectivity index (χ0n) is 23.5. The minimum absolute atomic E-state index is 0.00955. The molecule has 1 unspecified atom stereocenters. The first-order valence-corrected chi connectivity index (χ1v) is 15.2. The van der Waals surface area contributed by atoms with Crippen molar-refractivity contribution in [1.29, 1.82) is 0 Å². The second kappa shape index (κ2) is 11.7. The molecule has 0 spiro atoms. The third kappa shape index (κ3) is 5.73. The van der Waals surface area contributed by atoms with Crippen LogP contribution in [0.1, 0.15) is 64.8 Å². The van der Waals surface area contributed by atoms with Crippen LogP contribution in [0.2, 0.25) is 5.02 Å². The largest absolute Gasteiger partial charge is 0.490 e. The van der Waals surface area contributed by atoms with Crippen molar-refractivity contribution >= 4 is 39.3 Å². The molecule has 1 fully saturated rings. The summed E-state index contributed by atoms with van der Waals surface area (Å²) in [5.74, 6) is -0.604. The molecule has 222 valence electrons. The van der Waals surface area contributed by atoms with Crippen molar-refractivity contribution in [2.45, 2.75) is 58.0 Å². The van der Waals surface area contributed by atoms with Crippen LogP contribution in [0, 0.1) is 5.82 Å². The molecular weight excluding hydrogens is 639 g/mol. The van der Waals surface area contributed by atoms with Crippen molar-refractivity contribution in [3.05, 3.63) is 115 Å². The number of halogens is 3. The highest BCUT2D eigenvalue weighted by Crippen LogP contribution is 2.30. The van der Waals surface area contributed by atoms with Gasteiger partial charge < -0.3 is 15.0 Å². The van der Waals surface area contributed by atoms with E-state index in [-0.39, 0.29) is 36.8 Å². The molecule has 1 aromatic heterocycles. The van der Waals surface area contributed by atoms with Crippen LogP contribution in [0.3, 0.4) is 0 Å². The molecule has 8 nitrogen and oxygen atoms in total. The molecule has 1 aliphatic heterocycles. The lowest BCUT2D eigenvalue weighted by molar-refractivity contribution is 0.0610. The first kappa shape index (κ1) is 29.2. The van der Waals surface area contributed by atoms with Gasteiger partial charge >= 0.3 is 5.69 Å². The Morgan fingerprint density at radius 3 is 2.49 bits per heavy atom. The molecule has 2 atom stereocenters. The number of carbonyl (C=O) groups excluding carboxylic acids is 2. The number of fused-ring (bicyclic) bond motifs is 1. The van der Waals surface area contributed by atoms with Crippen molar-refractivity contribution in [2.75, 3.05) is 0 Å². The van der Waals surface area contributed by atoms with Crippen molar-refractivity contribution < 1.29 is 18.7 Å². The maximum absolute atomic E-state index is 14.6. The van der Waals surface area contributed by atoms with Crippen LogP contribution < -0.4 is 15.7 Å². The van der Waals surface area contributed by atoms with Crippen molar-refractivity contribution in [1.82, 2.24) is 19.4 Å². The number of nitrogens with zero attached hydrogens (tertiary/aromatic N) is 3. The first-order chi connectivity index (χ1) is 20.6. The average molecular weight is 668 g/mol. The molecule has 2 heterocycles. The van der Waals surface area contributed by atoms with Gasteiger partial charge in [-0.05, 0) is 91.1 Å². The van der Waals surface area contributed by atoms with Crippen molar-refractivity contribution in [3.63, 3.8) is 0 Å². The molecule has 11 heteroatoms. The lowest BCUT2D eigenvalue weighted by Crippen LogP contribution is -2.47. The van der Waals surface area contributed by atoms with Crippen molar-refractivity contribution in [3.8, 4) is 11.4 Å². The standard InChI is InChI=1S/C32H29BrClFN4O4/c1-18-16-38-28(17-37(18)31(41)20-7-14-25(33)26(34)15-20)29(30(40)36-19(2)24-5-3-4-6-27(24)35)39(32(38)42)21-8-10-22(11-9-21)43-23-12-13-23/h3-11,14-15,18-19,23H,12-13,16-17H2,1-2H3,(H,36,40)/t18?,19-/m0/s1. The SMILES string of the molecule is CC1Cn2c(c(C(=O)N[C@@H](C)c3ccccc3F)n(-c3ccc(OC4CC4)cc3)c2=O)CN1C(=O)c1ccc(Br)c(Cl)c1. The summed E-state index contributed by atoms with van der Waals surface area (Å²) in [6.45, 7) is 3.73. The molecule has 1 saturated carbocycles. The molecule has 6 rings (SSSR count). The minimum Gasteiger partial charge on any atom is -0.490 e. The van der Waals surface area contributed by atoms with Gasteiger partial charge in [0, 0.05) is 28.2 Å². The number of amides is 2. The maximum atomic E-state index is 14.6. The predicted octanol–water partition coefficient (Wildman–Crippen LogP) is 6.27. The van der Waals surface area contributed by atoms with Gasteiger partial charge in [0.1, 0.15) is 17.3 Å². The first-order valence-electron chi connectivity index (χ1n) is 14.0. The van der Waals surface area contributed by atoms with Crippen LogP contribution >= 0.6 is 27.5 Å². The molecule has 43 heavy (non-hydrogen) atoms. The van der Waals surface area contributed by atoms with E-state index < -0.39 is 23.5 Å². The van der Waals surface area contributed by atoms with Gasteiger partial charge in [-0.1, -0.05) is 29.8 Å². The Morgan fingerprint density at radius 2 is 1.81 bits per heavy atom. The number of aromatic nitrogens is 2. The highest BCUT2D eigenvalue weighted by atomic mass is 79.9. The zero-order valence-corrected chi connectivity index (χ0v) is 25.9. The van der Waals surface area contributed by atoms with Gasteiger partial charge in [-0.15, -0.1) is 0 Å². The summed E-state index contributed by atoms with van der Waals surface area (Å²) in [5.41, 5.74) is 1.25. The van der Waals surface area contributed by atoms with E-state index in [2.05, 4.69) is 21.2 Å². The van der Waals surface area contributed by atoms with Crippen LogP contribution in [-0.4, -0.2) is 38.0 Å². The van der Waals surface area contributed by atoms with Crippen LogP contribution in [-0.2, 0) is 13.1 Å². The normalized spacial score (nSPS) is 16.9. The third-order valence-corrected chi connectivity index (χ3v) is 9.06. The van der Waals surface area contributed by atoms with E-state index in [1.54, 1.807) is 77.1 Å². The van der Waals surface area contributed by atoms with Crippen molar-refractivity contribution in [2.24, 2.45) is 0 Å². The fraction of sp³-hybridized carbons (Fsp3) is 0.281. The van der Waals surface area contributed by atoms with E-state index in [0.717, 1.165) is 12.8 Å². The number of ether oxygens (including phenoxy) is 1. The lowest BCUT2D eigenvalue weighted by atomic mass is 10.1. The van der Waals surface area contributed by atoms with E-state index in [4.69, 9.17) is 16.3 Å². The highest BCUT2D eigenvalue weighted by Gasteiger charge is 2.36. The topological polar surface area (TPSA) is 85.6 Å². The monoisotopic (exact) mass is 666 g/mol. The molecule has 2 aliphatic rings. The van der Waals surface area contributed by atoms with Crippen LogP contribution in [0.25, 0.3) is 5.69 Å². The van der Waals surface area contributed by atoms with Crippen LogP contribution in [0.4, 0.5) is 4.39 Å². The third-order valence-electron chi connectivity index (χ3n) is 7.83. The summed E-state index contributed by atoms with van der Waals surface area (Å²) in [7, 11) is 0. The van der Waals surface area contributed by atoms with Gasteiger partial charge in [0.15, 0.2) is 0 Å². The summed E-state index contributed by atoms with van der Waals surface area (Å²) in [6.07, 6.45) is 2.23. The molecule has 1 aliphatic carbocycles. The number of carbonyl (C=O) groups is 2. The smallest absolute Gasteiger partial charge is 0.333 e. The summed E-state index contributed by atoms with van der Waals surface area (Å²) in [6, 6.07) is 17.2. The van der Waals surface area contributed by atoms with Gasteiger partial charge in [0.2, 0.25) is 0 Å². The number of hydrogen-bond donors (Lipinski definition) is 1. The fourth-order valence-corrected chi connectivity index (χ4v) is 5.80. The Labute approximate surface area is 261 Å². The molecule has 2 amide bonds. The molecule has 0 radical (unpaired) electrons. The number of rotatable bonds is 7. The van der Waals surface area contributed by atoms with E-state index >= 15 is 0 Å². The summed E-state index contributed by atoms with van der Waals surface area (Å²) in [5, 5.41) is 3.27. The quantitative estimate of drug-likeness (QED) is 0.252. The summed E-state index contributed by atoms with van der Waals surface area (Å²) < 4.78 is 24.0. The molecule has 0 saturated heterocycles. The van der Waals surface area contributed by atoms with Gasteiger partial charge in [-0.2, -0.15) is 0 Å². The summed E-state index contributed by atoms with van der Waals surface area (Å²) >= 11 is 9.62. The van der Waals surface area contributed by atoms with Gasteiger partial charge in [-0.25, -0.2) is 9.18 Å². The van der Waals surface area contributed by atoms with E-state index in [1.165, 1.54) is 10.6 Å². The highest BCUT2D eigenvalue weighted by molar-refractivity contribution is 9.10. The van der Waals surface area contributed by atoms with Crippen LogP contribution in [0.15, 0.2) is 76.0 Å². The minimum atomic E-state index is -0.688. The Morgan fingerprint density at radius 1 is 1.09 bits per heavy atom. The molecule has 4 aromatic rings.